The average Bonchev–Trinajstić information content (AvgIpc) is 2.38. The van der Waals surface area contributed by atoms with E-state index in [1.807, 2.05) is 6.92 Å². The monoisotopic (exact) mass is 278 g/mol. The third kappa shape index (κ3) is 3.63. The summed E-state index contributed by atoms with van der Waals surface area (Å²) in [5, 5.41) is 2.85. The molecule has 1 aliphatic carbocycles. The fourth-order valence-corrected chi connectivity index (χ4v) is 2.46. The largest absolute Gasteiger partial charge is 0.497 e. The van der Waals surface area contributed by atoms with Gasteiger partial charge in [-0.1, -0.05) is 0 Å². The summed E-state index contributed by atoms with van der Waals surface area (Å²) in [5.74, 6) is 1.10. The number of nitrogens with one attached hydrogen (secondary N) is 1. The highest BCUT2D eigenvalue weighted by atomic mass is 16.5. The van der Waals surface area contributed by atoms with Crippen molar-refractivity contribution in [3.8, 4) is 5.75 Å². The summed E-state index contributed by atoms with van der Waals surface area (Å²) in [7, 11) is 1.58. The Balaban J connectivity index is 1.80. The molecule has 1 amide bonds. The molecule has 110 valence electrons. The third-order valence-electron chi connectivity index (χ3n) is 3.60. The second kappa shape index (κ2) is 6.61. The molecule has 0 atom stereocenters. The van der Waals surface area contributed by atoms with Crippen LogP contribution in [0.15, 0.2) is 18.2 Å². The van der Waals surface area contributed by atoms with Crippen molar-refractivity contribution in [3.63, 3.8) is 0 Å². The normalized spacial score (nSPS) is 21.1. The SMILES string of the molecule is CCOC1CC(CC(=O)Nc2ccc(OC)cc2N)C1. The van der Waals surface area contributed by atoms with Gasteiger partial charge in [0.2, 0.25) is 5.91 Å². The second-order valence-electron chi connectivity index (χ2n) is 5.12. The molecule has 1 aliphatic rings. The van der Waals surface area contributed by atoms with Gasteiger partial charge in [-0.2, -0.15) is 0 Å². The molecule has 0 spiro atoms. The van der Waals surface area contributed by atoms with Crippen LogP contribution < -0.4 is 15.8 Å². The Hall–Kier alpha value is -1.75. The first kappa shape index (κ1) is 14.7. The van der Waals surface area contributed by atoms with Crippen LogP contribution in [0.5, 0.6) is 5.75 Å². The number of nitrogens with two attached hydrogens (primary N) is 1. The van der Waals surface area contributed by atoms with Crippen LogP contribution in [0.2, 0.25) is 0 Å². The van der Waals surface area contributed by atoms with Crippen molar-refractivity contribution in [1.29, 1.82) is 0 Å². The number of carbonyl (C=O) groups is 1. The first-order valence-corrected chi connectivity index (χ1v) is 6.97. The molecule has 2 rings (SSSR count). The summed E-state index contributed by atoms with van der Waals surface area (Å²) < 4.78 is 10.6. The van der Waals surface area contributed by atoms with E-state index in [9.17, 15) is 4.79 Å². The zero-order valence-corrected chi connectivity index (χ0v) is 12.0. The van der Waals surface area contributed by atoms with Gasteiger partial charge in [-0.3, -0.25) is 4.79 Å². The predicted molar refractivity (Wildman–Crippen MR) is 78.8 cm³/mol. The number of rotatable bonds is 6. The van der Waals surface area contributed by atoms with Crippen LogP contribution in [0.3, 0.4) is 0 Å². The predicted octanol–water partition coefficient (Wildman–Crippen LogP) is 2.42. The van der Waals surface area contributed by atoms with Crippen molar-refractivity contribution in [1.82, 2.24) is 0 Å². The van der Waals surface area contributed by atoms with Gasteiger partial charge in [-0.25, -0.2) is 0 Å². The van der Waals surface area contributed by atoms with Crippen molar-refractivity contribution >= 4 is 17.3 Å². The highest BCUT2D eigenvalue weighted by Crippen LogP contribution is 2.33. The summed E-state index contributed by atoms with van der Waals surface area (Å²) >= 11 is 0. The fraction of sp³-hybridized carbons (Fsp3) is 0.533. The van der Waals surface area contributed by atoms with Crippen LogP contribution in [0, 0.1) is 5.92 Å². The summed E-state index contributed by atoms with van der Waals surface area (Å²) in [6, 6.07) is 5.24. The minimum Gasteiger partial charge on any atom is -0.497 e. The molecular weight excluding hydrogens is 256 g/mol. The van der Waals surface area contributed by atoms with Crippen LogP contribution in [0.25, 0.3) is 0 Å². The molecule has 0 aliphatic heterocycles. The van der Waals surface area contributed by atoms with Crippen LogP contribution in [0.1, 0.15) is 26.2 Å². The Morgan fingerprint density at radius 1 is 1.45 bits per heavy atom. The molecule has 1 fully saturated rings. The van der Waals surface area contributed by atoms with Gasteiger partial charge in [0.25, 0.3) is 0 Å². The van der Waals surface area contributed by atoms with Crippen LogP contribution in [0.4, 0.5) is 11.4 Å². The van der Waals surface area contributed by atoms with Gasteiger partial charge in [0, 0.05) is 19.1 Å². The molecule has 1 saturated carbocycles. The Bertz CT molecular complexity index is 470. The number of benzene rings is 1. The molecule has 0 heterocycles. The maximum absolute atomic E-state index is 11.9. The molecule has 0 unspecified atom stereocenters. The molecular formula is C15H22N2O3. The maximum Gasteiger partial charge on any atom is 0.224 e. The number of nitrogen functional groups attached to an aromatic ring is 1. The number of amides is 1. The number of anilines is 2. The van der Waals surface area contributed by atoms with E-state index in [4.69, 9.17) is 15.2 Å². The van der Waals surface area contributed by atoms with Crippen molar-refractivity contribution in [3.05, 3.63) is 18.2 Å². The van der Waals surface area contributed by atoms with Crippen molar-refractivity contribution in [2.24, 2.45) is 5.92 Å². The smallest absolute Gasteiger partial charge is 0.224 e. The zero-order chi connectivity index (χ0) is 14.5. The molecule has 0 aromatic heterocycles. The Morgan fingerprint density at radius 3 is 2.80 bits per heavy atom. The molecule has 20 heavy (non-hydrogen) atoms. The zero-order valence-electron chi connectivity index (χ0n) is 12.0. The summed E-state index contributed by atoms with van der Waals surface area (Å²) in [5.41, 5.74) is 7.02. The first-order chi connectivity index (χ1) is 9.62. The summed E-state index contributed by atoms with van der Waals surface area (Å²) in [6.07, 6.45) is 2.80. The number of methoxy groups -OCH3 is 1. The van der Waals surface area contributed by atoms with Crippen LogP contribution in [-0.4, -0.2) is 25.7 Å². The van der Waals surface area contributed by atoms with Gasteiger partial charge in [-0.05, 0) is 37.8 Å². The molecule has 0 bridgehead atoms. The molecule has 0 saturated heterocycles. The van der Waals surface area contributed by atoms with E-state index < -0.39 is 0 Å². The van der Waals surface area contributed by atoms with Gasteiger partial charge in [0.05, 0.1) is 24.6 Å². The van der Waals surface area contributed by atoms with Gasteiger partial charge in [0.1, 0.15) is 5.75 Å². The Kier molecular flexibility index (Phi) is 4.84. The van der Waals surface area contributed by atoms with E-state index in [2.05, 4.69) is 5.32 Å². The number of ether oxygens (including phenoxy) is 2. The Labute approximate surface area is 119 Å². The van der Waals surface area contributed by atoms with E-state index in [0.717, 1.165) is 19.4 Å². The number of hydrogen-bond acceptors (Lipinski definition) is 4. The highest BCUT2D eigenvalue weighted by molar-refractivity contribution is 5.94. The second-order valence-corrected chi connectivity index (χ2v) is 5.12. The van der Waals surface area contributed by atoms with Gasteiger partial charge in [-0.15, -0.1) is 0 Å². The topological polar surface area (TPSA) is 73.6 Å². The van der Waals surface area contributed by atoms with E-state index in [1.54, 1.807) is 25.3 Å². The highest BCUT2D eigenvalue weighted by Gasteiger charge is 2.31. The van der Waals surface area contributed by atoms with Crippen LogP contribution in [-0.2, 0) is 9.53 Å². The van der Waals surface area contributed by atoms with Gasteiger partial charge >= 0.3 is 0 Å². The minimum atomic E-state index is 0.00168. The lowest BCUT2D eigenvalue weighted by Gasteiger charge is -2.34. The summed E-state index contributed by atoms with van der Waals surface area (Å²) in [6.45, 7) is 2.73. The summed E-state index contributed by atoms with van der Waals surface area (Å²) in [4.78, 5) is 11.9. The molecule has 5 heteroatoms. The average molecular weight is 278 g/mol. The van der Waals surface area contributed by atoms with Crippen molar-refractivity contribution in [2.45, 2.75) is 32.3 Å². The molecule has 3 N–H and O–H groups in total. The molecule has 0 radical (unpaired) electrons. The number of hydrogen-bond donors (Lipinski definition) is 2. The third-order valence-corrected chi connectivity index (χ3v) is 3.60. The lowest BCUT2D eigenvalue weighted by atomic mass is 9.80. The molecule has 1 aromatic rings. The Morgan fingerprint density at radius 2 is 2.20 bits per heavy atom. The van der Waals surface area contributed by atoms with Crippen LogP contribution >= 0.6 is 0 Å². The van der Waals surface area contributed by atoms with E-state index in [1.165, 1.54) is 0 Å². The van der Waals surface area contributed by atoms with E-state index in [0.29, 0.717) is 35.6 Å². The lowest BCUT2D eigenvalue weighted by molar-refractivity contribution is -0.119. The van der Waals surface area contributed by atoms with Gasteiger partial charge in [0.15, 0.2) is 0 Å². The quantitative estimate of drug-likeness (QED) is 0.784. The van der Waals surface area contributed by atoms with E-state index in [-0.39, 0.29) is 5.91 Å². The van der Waals surface area contributed by atoms with E-state index >= 15 is 0 Å². The molecule has 1 aromatic carbocycles. The molecule has 5 nitrogen and oxygen atoms in total. The minimum absolute atomic E-state index is 0.00168. The lowest BCUT2D eigenvalue weighted by Crippen LogP contribution is -2.33. The van der Waals surface area contributed by atoms with Crippen molar-refractivity contribution in [2.75, 3.05) is 24.8 Å². The number of carbonyl (C=O) groups excluding carboxylic acids is 1. The maximum atomic E-state index is 11.9. The first-order valence-electron chi connectivity index (χ1n) is 6.97. The van der Waals surface area contributed by atoms with Gasteiger partial charge < -0.3 is 20.5 Å². The standard InChI is InChI=1S/C15H22N2O3/c1-3-20-12-6-10(7-12)8-15(18)17-14-5-4-11(19-2)9-13(14)16/h4-5,9-10,12H,3,6-8,16H2,1-2H3,(H,17,18). The van der Waals surface area contributed by atoms with Crippen molar-refractivity contribution < 1.29 is 14.3 Å². The fourth-order valence-electron chi connectivity index (χ4n) is 2.46.